The quantitative estimate of drug-likeness (QED) is 0.0324. The molecule has 1 saturated heterocycles. The third kappa shape index (κ3) is 7.26. The maximum Gasteiger partial charge on any atom is 0.419 e. The number of hydrogen-bond acceptors (Lipinski definition) is 7. The Labute approximate surface area is 323 Å². The van der Waals surface area contributed by atoms with E-state index in [1.54, 1.807) is 30.1 Å². The summed E-state index contributed by atoms with van der Waals surface area (Å²) in [5.41, 5.74) is 1.38. The van der Waals surface area contributed by atoms with E-state index in [0.717, 1.165) is 15.9 Å². The van der Waals surface area contributed by atoms with Gasteiger partial charge in [-0.05, 0) is 59.2 Å². The molecular weight excluding hydrogens is 728 g/mol. The molecule has 1 amide bonds. The molecule has 2 heterocycles. The molecule has 55 heavy (non-hydrogen) atoms. The molecule has 1 aliphatic rings. The molecule has 0 aliphatic carbocycles. The second kappa shape index (κ2) is 15.6. The van der Waals surface area contributed by atoms with Crippen LogP contribution in [0.15, 0.2) is 131 Å². The van der Waals surface area contributed by atoms with Crippen LogP contribution >= 0.6 is 6.89 Å². The van der Waals surface area contributed by atoms with Crippen molar-refractivity contribution in [2.24, 2.45) is 13.0 Å². The van der Waals surface area contributed by atoms with Gasteiger partial charge in [0.1, 0.15) is 12.0 Å². The van der Waals surface area contributed by atoms with Gasteiger partial charge in [0.05, 0.1) is 23.6 Å². The van der Waals surface area contributed by atoms with Crippen LogP contribution in [0.5, 0.6) is 0 Å². The van der Waals surface area contributed by atoms with Crippen LogP contribution in [0.1, 0.15) is 44.5 Å². The number of nitrogens with zero attached hydrogens (tertiary/aromatic N) is 2. The summed E-state index contributed by atoms with van der Waals surface area (Å²) in [4.78, 5) is 58.4. The highest BCUT2D eigenvalue weighted by molar-refractivity contribution is 7.96. The first-order chi connectivity index (χ1) is 26.1. The van der Waals surface area contributed by atoms with Gasteiger partial charge in [-0.15, -0.1) is 0 Å². The molecule has 0 saturated carbocycles. The topological polar surface area (TPSA) is 108 Å². The van der Waals surface area contributed by atoms with E-state index in [1.165, 1.54) is 10.6 Å². The Morgan fingerprint density at radius 2 is 1.42 bits per heavy atom. The zero-order chi connectivity index (χ0) is 39.7. The lowest BCUT2D eigenvalue weighted by molar-refractivity contribution is -0.156. The zero-order valence-corrected chi connectivity index (χ0v) is 34.4. The van der Waals surface area contributed by atoms with Crippen LogP contribution in [0, 0.1) is 5.92 Å². The summed E-state index contributed by atoms with van der Waals surface area (Å²) in [5.74, 6) is -2.51. The third-order valence-corrected chi connectivity index (χ3v) is 19.9. The Kier molecular flexibility index (Phi) is 11.3. The average Bonchev–Trinajstić information content (AvgIpc) is 3.45. The van der Waals surface area contributed by atoms with Crippen molar-refractivity contribution in [2.75, 3.05) is 6.61 Å². The van der Waals surface area contributed by atoms with Crippen molar-refractivity contribution >= 4 is 65.3 Å². The number of oxazole rings is 1. The van der Waals surface area contributed by atoms with E-state index in [2.05, 4.69) is 40.4 Å². The average molecular weight is 777 g/mol. The molecule has 11 heteroatoms. The molecule has 286 valence electrons. The normalized spacial score (nSPS) is 16.7. The van der Waals surface area contributed by atoms with Crippen molar-refractivity contribution < 1.29 is 28.0 Å². The Bertz CT molecular complexity index is 2240. The number of carbonyl (C=O) groups excluding carboxylic acids is 3. The second-order valence-electron chi connectivity index (χ2n) is 15.5. The predicted octanol–water partition coefficient (Wildman–Crippen LogP) is 6.79. The molecule has 0 spiro atoms. The van der Waals surface area contributed by atoms with Gasteiger partial charge < -0.3 is 18.5 Å². The highest BCUT2D eigenvalue weighted by atomic mass is 31.2. The van der Waals surface area contributed by atoms with Gasteiger partial charge in [0.2, 0.25) is 5.91 Å². The fourth-order valence-corrected chi connectivity index (χ4v) is 13.1. The van der Waals surface area contributed by atoms with E-state index in [0.29, 0.717) is 16.7 Å². The summed E-state index contributed by atoms with van der Waals surface area (Å²) < 4.78 is 19.5. The molecule has 0 radical (unpaired) electrons. The third-order valence-electron chi connectivity index (χ3n) is 11.1. The number of Topliss-reactive ketones (excluding diaryl/α,β-unsaturated/α-hetero) is 1. The van der Waals surface area contributed by atoms with Crippen LogP contribution in [0.25, 0.3) is 11.1 Å². The van der Waals surface area contributed by atoms with Gasteiger partial charge in [0.25, 0.3) is 0 Å². The van der Waals surface area contributed by atoms with Gasteiger partial charge in [-0.25, -0.2) is 9.59 Å². The highest BCUT2D eigenvalue weighted by Gasteiger charge is 2.57. The Morgan fingerprint density at radius 3 is 1.91 bits per heavy atom. The number of rotatable bonds is 13. The van der Waals surface area contributed by atoms with E-state index in [-0.39, 0.29) is 35.2 Å². The number of amides is 1. The molecule has 6 rings (SSSR count). The second-order valence-corrected chi connectivity index (χ2v) is 23.6. The van der Waals surface area contributed by atoms with E-state index < -0.39 is 45.0 Å². The van der Waals surface area contributed by atoms with E-state index in [1.807, 2.05) is 97.9 Å². The molecule has 1 fully saturated rings. The van der Waals surface area contributed by atoms with Crippen molar-refractivity contribution in [3.63, 3.8) is 0 Å². The standard InChI is InChI=1S/C44H49N2O7PSi/c1-9-27-51-42(49)41(54(32-19-13-10-14-20-32,33-21-15-11-16-22-33)34-23-17-12-18-24-34)46-36(39(40(46)48)30(2)53-55(7,8)44(3,4)5)29-37(47)31-25-26-38-35(28-31)45(6)43(50)52-38/h9-26,28,30,36,39H,1,27,29H2,2-8H3/t30?,36-,39-/m1/s1. The minimum atomic E-state index is -3.21. The van der Waals surface area contributed by atoms with Crippen LogP contribution in [-0.4, -0.2) is 59.6 Å². The molecule has 1 aromatic heterocycles. The van der Waals surface area contributed by atoms with E-state index in [9.17, 15) is 14.4 Å². The van der Waals surface area contributed by atoms with Crippen LogP contribution in [0.3, 0.4) is 0 Å². The number of benzene rings is 4. The van der Waals surface area contributed by atoms with E-state index in [4.69, 9.17) is 13.6 Å². The maximum absolute atomic E-state index is 15.1. The zero-order valence-electron chi connectivity index (χ0n) is 32.5. The van der Waals surface area contributed by atoms with Gasteiger partial charge in [-0.2, -0.15) is 0 Å². The number of aryl methyl sites for hydroxylation is 1. The Hall–Kier alpha value is -5.02. The maximum atomic E-state index is 15.1. The summed E-state index contributed by atoms with van der Waals surface area (Å²) in [6, 6.07) is 33.4. The van der Waals surface area contributed by atoms with Gasteiger partial charge in [0.15, 0.2) is 19.7 Å². The smallest absolute Gasteiger partial charge is 0.419 e. The van der Waals surface area contributed by atoms with Gasteiger partial charge >= 0.3 is 11.7 Å². The molecule has 1 unspecified atom stereocenters. The number of ether oxygens (including phenoxy) is 1. The van der Waals surface area contributed by atoms with Gasteiger partial charge in [-0.1, -0.05) is 124 Å². The van der Waals surface area contributed by atoms with Gasteiger partial charge in [0, 0.05) is 25.9 Å². The molecule has 0 N–H and O–H groups in total. The van der Waals surface area contributed by atoms with Crippen molar-refractivity contribution in [3.05, 3.63) is 138 Å². The summed E-state index contributed by atoms with van der Waals surface area (Å²) in [6.07, 6.45) is 0.817. The molecule has 1 aliphatic heterocycles. The number of β-lactam (4-membered cyclic amide) rings is 1. The number of fused-ring (bicyclic) bond motifs is 1. The van der Waals surface area contributed by atoms with Crippen LogP contribution < -0.4 is 21.7 Å². The number of carbonyl (C=O) groups is 3. The lowest BCUT2D eigenvalue weighted by Gasteiger charge is -2.53. The van der Waals surface area contributed by atoms with Crippen molar-refractivity contribution in [3.8, 4) is 0 Å². The van der Waals surface area contributed by atoms with E-state index >= 15 is 4.79 Å². The minimum Gasteiger partial charge on any atom is -0.457 e. The number of likely N-dealkylation sites (tertiary alicyclic amines) is 1. The highest BCUT2D eigenvalue weighted by Crippen LogP contribution is 2.51. The summed E-state index contributed by atoms with van der Waals surface area (Å²) in [7, 11) is -0.811. The van der Waals surface area contributed by atoms with Crippen molar-refractivity contribution in [1.82, 2.24) is 9.47 Å². The molecule has 9 nitrogen and oxygen atoms in total. The largest absolute Gasteiger partial charge is 0.457 e. The summed E-state index contributed by atoms with van der Waals surface area (Å²) >= 11 is 0. The number of hydrogen-bond donors (Lipinski definition) is 0. The monoisotopic (exact) mass is 776 g/mol. The Balaban J connectivity index is 1.64. The minimum absolute atomic E-state index is 0.0793. The van der Waals surface area contributed by atoms with Crippen molar-refractivity contribution in [2.45, 2.75) is 64.4 Å². The molecule has 3 atom stereocenters. The summed E-state index contributed by atoms with van der Waals surface area (Å²) in [5, 5.41) is 2.39. The number of esters is 1. The van der Waals surface area contributed by atoms with Gasteiger partial charge in [-0.3, -0.25) is 14.2 Å². The molecule has 5 aromatic rings. The number of aromatic nitrogens is 1. The lowest BCUT2D eigenvalue weighted by Crippen LogP contribution is -2.69. The molecule has 0 bridgehead atoms. The molecule has 4 aromatic carbocycles. The first kappa shape index (κ1) is 39.7. The Morgan fingerprint density at radius 1 is 0.891 bits per heavy atom. The first-order valence-corrected chi connectivity index (χ1v) is 23.2. The summed E-state index contributed by atoms with van der Waals surface area (Å²) in [6.45, 7) is 13.1. The van der Waals surface area contributed by atoms with Crippen LogP contribution in [0.2, 0.25) is 18.1 Å². The number of ketones is 1. The predicted molar refractivity (Wildman–Crippen MR) is 224 cm³/mol. The van der Waals surface area contributed by atoms with Crippen LogP contribution in [0.4, 0.5) is 0 Å². The first-order valence-electron chi connectivity index (χ1n) is 18.5. The fourth-order valence-electron chi connectivity index (χ4n) is 7.25. The van der Waals surface area contributed by atoms with Crippen LogP contribution in [-0.2, 0) is 25.8 Å². The fraction of sp³-hybridized carbons (Fsp3) is 0.295. The molecular formula is C44H49N2O7PSi. The SMILES string of the molecule is C=CCOC(=O)C(N1C(=O)[C@H](C(C)O[Si](C)(C)C(C)(C)C)[C@H]1CC(=O)c1ccc2oc(=O)n(C)c2c1)=P(c1ccccc1)(c1ccccc1)c1ccccc1. The lowest BCUT2D eigenvalue weighted by atomic mass is 9.79. The van der Waals surface area contributed by atoms with Crippen molar-refractivity contribution in [1.29, 1.82) is 0 Å².